The normalized spacial score (nSPS) is 21.4. The van der Waals surface area contributed by atoms with Crippen LogP contribution in [0.3, 0.4) is 0 Å². The van der Waals surface area contributed by atoms with Crippen LogP contribution in [0.25, 0.3) is 11.3 Å². The number of anilines is 3. The first-order valence-corrected chi connectivity index (χ1v) is 12.7. The molecule has 3 fully saturated rings. The highest BCUT2D eigenvalue weighted by Gasteiger charge is 2.40. The third kappa shape index (κ3) is 4.66. The molecule has 37 heavy (non-hydrogen) atoms. The van der Waals surface area contributed by atoms with Crippen molar-refractivity contribution in [2.45, 2.75) is 31.0 Å². The lowest BCUT2D eigenvalue weighted by Crippen LogP contribution is -2.54. The van der Waals surface area contributed by atoms with Gasteiger partial charge < -0.3 is 25.4 Å². The average molecular weight is 498 g/mol. The van der Waals surface area contributed by atoms with Crippen LogP contribution in [0.4, 0.5) is 17.2 Å². The number of aromatic nitrogens is 3. The first kappa shape index (κ1) is 23.5. The first-order chi connectivity index (χ1) is 18.1. The van der Waals surface area contributed by atoms with Gasteiger partial charge in [0.1, 0.15) is 11.4 Å². The minimum Gasteiger partial charge on any atom is -0.507 e. The molecule has 0 amide bonds. The number of likely N-dealkylation sites (tertiary alicyclic amines) is 1. The van der Waals surface area contributed by atoms with Crippen molar-refractivity contribution in [3.05, 3.63) is 54.4 Å². The topological polar surface area (TPSA) is 104 Å². The van der Waals surface area contributed by atoms with Gasteiger partial charge in [-0.1, -0.05) is 18.1 Å². The molecule has 3 N–H and O–H groups in total. The fourth-order valence-corrected chi connectivity index (χ4v) is 5.68. The molecule has 3 saturated heterocycles. The number of nitrogens with two attached hydrogens (primary N) is 1. The number of nitrogens with zero attached hydrogens (tertiary/aromatic N) is 6. The van der Waals surface area contributed by atoms with Crippen LogP contribution < -0.4 is 15.5 Å². The van der Waals surface area contributed by atoms with Gasteiger partial charge in [0, 0.05) is 62.8 Å². The van der Waals surface area contributed by atoms with E-state index in [-0.39, 0.29) is 5.75 Å². The van der Waals surface area contributed by atoms with Crippen LogP contribution in [0, 0.1) is 11.8 Å². The van der Waals surface area contributed by atoms with E-state index in [0.717, 1.165) is 56.9 Å². The highest BCUT2D eigenvalue weighted by Crippen LogP contribution is 2.38. The fraction of sp³-hybridized carbons (Fsp3) is 0.393. The number of nitrogen functional groups attached to an aromatic ring is 1. The molecule has 0 spiro atoms. The average Bonchev–Trinajstić information content (AvgIpc) is 3.15. The van der Waals surface area contributed by atoms with Crippen molar-refractivity contribution < 1.29 is 9.84 Å². The van der Waals surface area contributed by atoms with Gasteiger partial charge in [-0.05, 0) is 49.1 Å². The van der Waals surface area contributed by atoms with E-state index in [4.69, 9.17) is 10.5 Å². The molecule has 2 unspecified atom stereocenters. The second kappa shape index (κ2) is 9.88. The van der Waals surface area contributed by atoms with Crippen LogP contribution in [0.15, 0.2) is 48.7 Å². The van der Waals surface area contributed by atoms with Crippen molar-refractivity contribution in [3.8, 4) is 28.8 Å². The van der Waals surface area contributed by atoms with E-state index in [1.54, 1.807) is 19.2 Å². The maximum atomic E-state index is 10.3. The van der Waals surface area contributed by atoms with Crippen LogP contribution >= 0.6 is 0 Å². The number of phenolic OH excluding ortho intramolecular Hbond substituents is 1. The van der Waals surface area contributed by atoms with Crippen molar-refractivity contribution in [1.29, 1.82) is 0 Å². The highest BCUT2D eigenvalue weighted by atomic mass is 16.5. The predicted molar refractivity (Wildman–Crippen MR) is 143 cm³/mol. The number of hydrogen-bond donors (Lipinski definition) is 2. The molecular formula is C28H31N7O2. The van der Waals surface area contributed by atoms with Crippen LogP contribution in [0.1, 0.15) is 18.5 Å². The van der Waals surface area contributed by atoms with E-state index in [9.17, 15) is 5.11 Å². The number of ether oxygens (including phenoxy) is 1. The summed E-state index contributed by atoms with van der Waals surface area (Å²) in [5, 5.41) is 18.7. The summed E-state index contributed by atoms with van der Waals surface area (Å²) in [5.74, 6) is 7.09. The van der Waals surface area contributed by atoms with Gasteiger partial charge in [0.25, 0.3) is 0 Å². The molecule has 0 radical (unpaired) electrons. The van der Waals surface area contributed by atoms with E-state index < -0.39 is 0 Å². The van der Waals surface area contributed by atoms with E-state index in [1.165, 1.54) is 5.69 Å². The SMILES string of the molecule is COC1CN(CC#Cc2cc(N3C4CCC3CN(c3cc(-c5ccccc5O)nnc3N)C4)ccn2)C1. The summed E-state index contributed by atoms with van der Waals surface area (Å²) < 4.78 is 5.33. The lowest BCUT2D eigenvalue weighted by atomic mass is 10.1. The first-order valence-electron chi connectivity index (χ1n) is 12.7. The van der Waals surface area contributed by atoms with Crippen LogP contribution in [-0.2, 0) is 4.74 Å². The van der Waals surface area contributed by atoms with Gasteiger partial charge in [-0.15, -0.1) is 10.2 Å². The molecule has 190 valence electrons. The summed E-state index contributed by atoms with van der Waals surface area (Å²) in [6, 6.07) is 14.0. The van der Waals surface area contributed by atoms with Crippen LogP contribution in [0.5, 0.6) is 5.75 Å². The van der Waals surface area contributed by atoms with Gasteiger partial charge in [-0.3, -0.25) is 4.90 Å². The number of pyridine rings is 1. The van der Waals surface area contributed by atoms with Crippen molar-refractivity contribution in [3.63, 3.8) is 0 Å². The van der Waals surface area contributed by atoms with E-state index in [0.29, 0.717) is 35.3 Å². The zero-order valence-corrected chi connectivity index (χ0v) is 20.9. The number of para-hydroxylation sites is 1. The molecule has 5 heterocycles. The summed E-state index contributed by atoms with van der Waals surface area (Å²) in [6.45, 7) is 4.30. The quantitative estimate of drug-likeness (QED) is 0.514. The number of phenols is 1. The molecule has 2 atom stereocenters. The van der Waals surface area contributed by atoms with Gasteiger partial charge in [0.15, 0.2) is 5.82 Å². The Morgan fingerprint density at radius 2 is 1.84 bits per heavy atom. The summed E-state index contributed by atoms with van der Waals surface area (Å²) in [7, 11) is 1.76. The molecule has 3 aliphatic heterocycles. The van der Waals surface area contributed by atoms with Gasteiger partial charge in [0.05, 0.1) is 24.0 Å². The smallest absolute Gasteiger partial charge is 0.169 e. The molecule has 9 heteroatoms. The zero-order chi connectivity index (χ0) is 25.4. The molecule has 6 rings (SSSR count). The summed E-state index contributed by atoms with van der Waals surface area (Å²) in [6.07, 6.45) is 4.43. The number of rotatable bonds is 5. The number of piperazine rings is 1. The number of aromatic hydroxyl groups is 1. The van der Waals surface area contributed by atoms with E-state index >= 15 is 0 Å². The second-order valence-corrected chi connectivity index (χ2v) is 9.97. The zero-order valence-electron chi connectivity index (χ0n) is 20.9. The van der Waals surface area contributed by atoms with Crippen molar-refractivity contribution in [1.82, 2.24) is 20.1 Å². The number of hydrogen-bond acceptors (Lipinski definition) is 9. The van der Waals surface area contributed by atoms with E-state index in [1.807, 2.05) is 24.4 Å². The van der Waals surface area contributed by atoms with Gasteiger partial charge >= 0.3 is 0 Å². The molecule has 0 aliphatic carbocycles. The molecule has 3 aliphatic rings. The Morgan fingerprint density at radius 3 is 2.59 bits per heavy atom. The summed E-state index contributed by atoms with van der Waals surface area (Å²) in [4.78, 5) is 11.6. The van der Waals surface area contributed by atoms with Gasteiger partial charge in [-0.25, -0.2) is 4.98 Å². The van der Waals surface area contributed by atoms with Crippen LogP contribution in [0.2, 0.25) is 0 Å². The maximum Gasteiger partial charge on any atom is 0.169 e. The van der Waals surface area contributed by atoms with Gasteiger partial charge in [0.2, 0.25) is 0 Å². The van der Waals surface area contributed by atoms with Crippen molar-refractivity contribution >= 4 is 17.2 Å². The lowest BCUT2D eigenvalue weighted by Gasteiger charge is -2.43. The molecule has 2 bridgehead atoms. The Kier molecular flexibility index (Phi) is 6.28. The summed E-state index contributed by atoms with van der Waals surface area (Å²) >= 11 is 0. The number of methoxy groups -OCH3 is 1. The predicted octanol–water partition coefficient (Wildman–Crippen LogP) is 2.37. The molecule has 0 saturated carbocycles. The molecule has 9 nitrogen and oxygen atoms in total. The largest absolute Gasteiger partial charge is 0.507 e. The monoisotopic (exact) mass is 497 g/mol. The Hall–Kier alpha value is -3.87. The Balaban J connectivity index is 1.17. The minimum atomic E-state index is 0.179. The van der Waals surface area contributed by atoms with Crippen LogP contribution in [-0.4, -0.2) is 83.2 Å². The van der Waals surface area contributed by atoms with E-state index in [2.05, 4.69) is 53.9 Å². The summed E-state index contributed by atoms with van der Waals surface area (Å²) in [5.41, 5.74) is 10.4. The molecule has 1 aromatic carbocycles. The highest BCUT2D eigenvalue weighted by molar-refractivity contribution is 5.74. The second-order valence-electron chi connectivity index (χ2n) is 9.97. The third-order valence-corrected chi connectivity index (χ3v) is 7.62. The Labute approximate surface area is 216 Å². The third-order valence-electron chi connectivity index (χ3n) is 7.62. The molecule has 3 aromatic rings. The Morgan fingerprint density at radius 1 is 1.05 bits per heavy atom. The molecule has 2 aromatic heterocycles. The maximum absolute atomic E-state index is 10.3. The molecular weight excluding hydrogens is 466 g/mol. The lowest BCUT2D eigenvalue weighted by molar-refractivity contribution is -0.0222. The fourth-order valence-electron chi connectivity index (χ4n) is 5.68. The minimum absolute atomic E-state index is 0.179. The number of benzene rings is 1. The Bertz CT molecular complexity index is 1330. The standard InChI is InChI=1S/C28H31N7O2/c1-37-23-17-33(18-23)12-4-5-19-13-20(10-11-30-19)35-21-8-9-22(35)16-34(15-21)26-14-25(31-32-28(26)29)24-6-2-3-7-27(24)36/h2-3,6-7,10-11,13-14,21-23,36H,8-9,12,15-18H2,1H3,(H2,29,32). The van der Waals surface area contributed by atoms with Gasteiger partial charge in [-0.2, -0.15) is 0 Å². The number of fused-ring (bicyclic) bond motifs is 2. The van der Waals surface area contributed by atoms with Crippen molar-refractivity contribution in [2.24, 2.45) is 0 Å². The van der Waals surface area contributed by atoms with Crippen molar-refractivity contribution in [2.75, 3.05) is 55.4 Å².